The number of nitrogens with one attached hydrogen (secondary N) is 1. The average Bonchev–Trinajstić information content (AvgIpc) is 3.39. The Morgan fingerprint density at radius 1 is 1.14 bits per heavy atom. The highest BCUT2D eigenvalue weighted by Gasteiger charge is 2.28. The van der Waals surface area contributed by atoms with Crippen LogP contribution in [0.1, 0.15) is 42.5 Å². The highest BCUT2D eigenvalue weighted by molar-refractivity contribution is 6.33. The first-order valence-corrected chi connectivity index (χ1v) is 12.9. The highest BCUT2D eigenvalue weighted by atomic mass is 35.5. The van der Waals surface area contributed by atoms with Crippen molar-refractivity contribution in [3.8, 4) is 5.75 Å². The standard InChI is InChI=1S/C25H37ClN4O5/c1-33-23-13-22(27)21(26)12-20(23)25(32)28-18-4-7-29(8-5-18)14-17-2-9-30(10-3-17)24(31)16-35-19-6-11-34-15-19/h12-13,17-19H,2-11,14-16,27H2,1H3,(H,28,32). The molecule has 0 aliphatic carbocycles. The van der Waals surface area contributed by atoms with Crippen LogP contribution in [0, 0.1) is 5.92 Å². The maximum absolute atomic E-state index is 12.8. The molecule has 1 aromatic carbocycles. The Bertz CT molecular complexity index is 879. The Hall–Kier alpha value is -2.07. The van der Waals surface area contributed by atoms with E-state index < -0.39 is 0 Å². The van der Waals surface area contributed by atoms with E-state index in [4.69, 9.17) is 31.5 Å². The molecule has 35 heavy (non-hydrogen) atoms. The van der Waals surface area contributed by atoms with Crippen LogP contribution in [0.25, 0.3) is 0 Å². The van der Waals surface area contributed by atoms with Gasteiger partial charge in [-0.25, -0.2) is 0 Å². The van der Waals surface area contributed by atoms with E-state index in [1.165, 1.54) is 7.11 Å². The molecule has 1 atom stereocenters. The van der Waals surface area contributed by atoms with E-state index in [0.29, 0.717) is 34.5 Å². The van der Waals surface area contributed by atoms with Crippen molar-refractivity contribution in [3.05, 3.63) is 22.7 Å². The molecule has 10 heteroatoms. The maximum atomic E-state index is 12.8. The Morgan fingerprint density at radius 3 is 2.54 bits per heavy atom. The Labute approximate surface area is 212 Å². The van der Waals surface area contributed by atoms with Gasteiger partial charge in [0, 0.05) is 51.4 Å². The minimum absolute atomic E-state index is 0.0653. The summed E-state index contributed by atoms with van der Waals surface area (Å²) in [6.45, 7) is 6.01. The molecule has 1 aromatic rings. The summed E-state index contributed by atoms with van der Waals surface area (Å²) in [6.07, 6.45) is 4.78. The van der Waals surface area contributed by atoms with Gasteiger partial charge in [0.05, 0.1) is 36.1 Å². The molecule has 3 N–H and O–H groups in total. The van der Waals surface area contributed by atoms with Gasteiger partial charge in [-0.05, 0) is 44.1 Å². The Kier molecular flexibility index (Phi) is 9.10. The van der Waals surface area contributed by atoms with Crippen LogP contribution >= 0.6 is 11.6 Å². The summed E-state index contributed by atoms with van der Waals surface area (Å²) < 4.78 is 16.3. The highest BCUT2D eigenvalue weighted by Crippen LogP contribution is 2.29. The fourth-order valence-electron chi connectivity index (χ4n) is 5.09. The number of benzene rings is 1. The van der Waals surface area contributed by atoms with Gasteiger partial charge in [-0.15, -0.1) is 0 Å². The first-order valence-electron chi connectivity index (χ1n) is 12.6. The number of rotatable bonds is 8. The van der Waals surface area contributed by atoms with Gasteiger partial charge in [-0.1, -0.05) is 11.6 Å². The van der Waals surface area contributed by atoms with Crippen molar-refractivity contribution < 1.29 is 23.8 Å². The zero-order valence-electron chi connectivity index (χ0n) is 20.5. The van der Waals surface area contributed by atoms with Crippen molar-refractivity contribution in [2.75, 3.05) is 65.4 Å². The van der Waals surface area contributed by atoms with E-state index in [0.717, 1.165) is 71.4 Å². The van der Waals surface area contributed by atoms with Gasteiger partial charge in [0.1, 0.15) is 12.4 Å². The van der Waals surface area contributed by atoms with Crippen molar-refractivity contribution in [1.82, 2.24) is 15.1 Å². The van der Waals surface area contributed by atoms with E-state index in [1.807, 2.05) is 4.90 Å². The Morgan fingerprint density at radius 2 is 1.89 bits per heavy atom. The number of methoxy groups -OCH3 is 1. The molecule has 194 valence electrons. The van der Waals surface area contributed by atoms with Crippen LogP contribution in [0.5, 0.6) is 5.75 Å². The number of piperidine rings is 2. The molecule has 0 bridgehead atoms. The molecule has 9 nitrogen and oxygen atoms in total. The minimum atomic E-state index is -0.191. The summed E-state index contributed by atoms with van der Waals surface area (Å²) in [5.41, 5.74) is 6.61. The number of carbonyl (C=O) groups excluding carboxylic acids is 2. The molecule has 0 spiro atoms. The fourth-order valence-corrected chi connectivity index (χ4v) is 5.26. The number of amides is 2. The number of carbonyl (C=O) groups is 2. The lowest BCUT2D eigenvalue weighted by atomic mass is 9.94. The van der Waals surface area contributed by atoms with Crippen LogP contribution < -0.4 is 15.8 Å². The molecule has 0 radical (unpaired) electrons. The van der Waals surface area contributed by atoms with E-state index in [1.54, 1.807) is 12.1 Å². The van der Waals surface area contributed by atoms with Crippen LogP contribution in [0.15, 0.2) is 12.1 Å². The smallest absolute Gasteiger partial charge is 0.255 e. The van der Waals surface area contributed by atoms with Crippen LogP contribution in [0.3, 0.4) is 0 Å². The van der Waals surface area contributed by atoms with Gasteiger partial charge in [-0.3, -0.25) is 9.59 Å². The zero-order chi connectivity index (χ0) is 24.8. The van der Waals surface area contributed by atoms with Crippen LogP contribution in [-0.4, -0.2) is 93.4 Å². The molecule has 2 amide bonds. The second-order valence-corrected chi connectivity index (χ2v) is 10.2. The largest absolute Gasteiger partial charge is 0.496 e. The molecule has 3 aliphatic heterocycles. The number of hydrogen-bond acceptors (Lipinski definition) is 7. The lowest BCUT2D eigenvalue weighted by molar-refractivity contribution is -0.139. The van der Waals surface area contributed by atoms with Crippen LogP contribution in [-0.2, 0) is 14.3 Å². The third kappa shape index (κ3) is 7.00. The fraction of sp³-hybridized carbons (Fsp3) is 0.680. The average molecular weight is 509 g/mol. The van der Waals surface area contributed by atoms with E-state index in [9.17, 15) is 9.59 Å². The number of nitrogens with zero attached hydrogens (tertiary/aromatic N) is 2. The molecule has 3 heterocycles. The van der Waals surface area contributed by atoms with Crippen LogP contribution in [0.4, 0.5) is 5.69 Å². The third-order valence-corrected chi connectivity index (χ3v) is 7.63. The SMILES string of the molecule is COc1cc(N)c(Cl)cc1C(=O)NC1CCN(CC2CCN(C(=O)COC3CCOC3)CC2)CC1. The zero-order valence-corrected chi connectivity index (χ0v) is 21.2. The minimum Gasteiger partial charge on any atom is -0.496 e. The lowest BCUT2D eigenvalue weighted by Gasteiger charge is -2.38. The molecule has 4 rings (SSSR count). The van der Waals surface area contributed by atoms with E-state index in [-0.39, 0.29) is 30.6 Å². The van der Waals surface area contributed by atoms with Gasteiger partial charge in [0.2, 0.25) is 5.91 Å². The summed E-state index contributed by atoms with van der Waals surface area (Å²) in [4.78, 5) is 29.7. The van der Waals surface area contributed by atoms with E-state index in [2.05, 4.69) is 10.2 Å². The monoisotopic (exact) mass is 508 g/mol. The first-order chi connectivity index (χ1) is 16.9. The van der Waals surface area contributed by atoms with Gasteiger partial charge in [0.15, 0.2) is 0 Å². The van der Waals surface area contributed by atoms with Crippen molar-refractivity contribution in [3.63, 3.8) is 0 Å². The number of nitrogens with two attached hydrogens (primary N) is 1. The molecule has 3 saturated heterocycles. The normalized spacial score (nSPS) is 22.3. The quantitative estimate of drug-likeness (QED) is 0.518. The number of halogens is 1. The number of ether oxygens (including phenoxy) is 3. The second kappa shape index (κ2) is 12.3. The molecule has 3 fully saturated rings. The molecule has 3 aliphatic rings. The number of nitrogen functional groups attached to an aromatic ring is 1. The van der Waals surface area contributed by atoms with Crippen molar-refractivity contribution in [2.24, 2.45) is 5.92 Å². The number of anilines is 1. The van der Waals surface area contributed by atoms with Gasteiger partial charge in [-0.2, -0.15) is 0 Å². The number of likely N-dealkylation sites (tertiary alicyclic amines) is 2. The first kappa shape index (κ1) is 26.0. The summed E-state index contributed by atoms with van der Waals surface area (Å²) in [7, 11) is 1.51. The van der Waals surface area contributed by atoms with Crippen molar-refractivity contribution in [1.29, 1.82) is 0 Å². The molecular formula is C25H37ClN4O5. The third-order valence-electron chi connectivity index (χ3n) is 7.30. The molecular weight excluding hydrogens is 472 g/mol. The van der Waals surface area contributed by atoms with Gasteiger partial charge >= 0.3 is 0 Å². The predicted molar refractivity (Wildman–Crippen MR) is 134 cm³/mol. The van der Waals surface area contributed by atoms with Crippen LogP contribution in [0.2, 0.25) is 5.02 Å². The van der Waals surface area contributed by atoms with Gasteiger partial charge < -0.3 is 35.1 Å². The summed E-state index contributed by atoms with van der Waals surface area (Å²) >= 11 is 6.11. The van der Waals surface area contributed by atoms with Crippen molar-refractivity contribution >= 4 is 29.1 Å². The van der Waals surface area contributed by atoms with E-state index >= 15 is 0 Å². The molecule has 1 unspecified atom stereocenters. The summed E-state index contributed by atoms with van der Waals surface area (Å²) in [6, 6.07) is 3.26. The lowest BCUT2D eigenvalue weighted by Crippen LogP contribution is -2.47. The number of hydrogen-bond donors (Lipinski definition) is 2. The topological polar surface area (TPSA) is 106 Å². The molecule has 0 saturated carbocycles. The summed E-state index contributed by atoms with van der Waals surface area (Å²) in [5, 5.41) is 3.46. The predicted octanol–water partition coefficient (Wildman–Crippen LogP) is 2.17. The van der Waals surface area contributed by atoms with Crippen molar-refractivity contribution in [2.45, 2.75) is 44.2 Å². The molecule has 0 aromatic heterocycles. The second-order valence-electron chi connectivity index (χ2n) is 9.74. The van der Waals surface area contributed by atoms with Gasteiger partial charge in [0.25, 0.3) is 5.91 Å². The maximum Gasteiger partial charge on any atom is 0.255 e. The Balaban J connectivity index is 1.15. The summed E-state index contributed by atoms with van der Waals surface area (Å²) in [5.74, 6) is 0.913.